The minimum atomic E-state index is 0.699. The molecule has 0 spiro atoms. The van der Waals surface area contributed by atoms with Crippen LogP contribution in [0.1, 0.15) is 37.3 Å². The quantitative estimate of drug-likeness (QED) is 0.614. The second-order valence-corrected chi connectivity index (χ2v) is 4.10. The summed E-state index contributed by atoms with van der Waals surface area (Å²) in [7, 11) is 0. The lowest BCUT2D eigenvalue weighted by Crippen LogP contribution is -1.84. The van der Waals surface area contributed by atoms with Gasteiger partial charge in [0.05, 0.1) is 0 Å². The van der Waals surface area contributed by atoms with Crippen LogP contribution in [0.4, 0.5) is 0 Å². The van der Waals surface area contributed by atoms with Gasteiger partial charge >= 0.3 is 0 Å². The Morgan fingerprint density at radius 1 is 1.20 bits per heavy atom. The second-order valence-electron chi connectivity index (χ2n) is 3.73. The van der Waals surface area contributed by atoms with Crippen LogP contribution in [-0.4, -0.2) is 5.88 Å². The van der Waals surface area contributed by atoms with Gasteiger partial charge in [-0.1, -0.05) is 49.8 Å². The Balaban J connectivity index is 2.48. The predicted octanol–water partition coefficient (Wildman–Crippen LogP) is 4.67. The summed E-state index contributed by atoms with van der Waals surface area (Å²) in [5.41, 5.74) is 2.70. The first-order valence-corrected chi connectivity index (χ1v) is 6.21. The summed E-state index contributed by atoms with van der Waals surface area (Å²) < 4.78 is 0. The van der Waals surface area contributed by atoms with Crippen LogP contribution in [0, 0.1) is 0 Å². The molecular formula is C14H19Cl. The van der Waals surface area contributed by atoms with E-state index < -0.39 is 0 Å². The maximum absolute atomic E-state index is 5.60. The van der Waals surface area contributed by atoms with Crippen molar-refractivity contribution in [1.82, 2.24) is 0 Å². The highest BCUT2D eigenvalue weighted by atomic mass is 35.5. The minimum absolute atomic E-state index is 0.699. The molecule has 0 heterocycles. The number of benzene rings is 1. The lowest BCUT2D eigenvalue weighted by Gasteiger charge is -2.00. The Hall–Kier alpha value is -0.750. The molecule has 0 radical (unpaired) electrons. The first-order chi connectivity index (χ1) is 7.36. The molecule has 0 unspecified atom stereocenters. The van der Waals surface area contributed by atoms with E-state index in [-0.39, 0.29) is 0 Å². The lowest BCUT2D eigenvalue weighted by atomic mass is 10.1. The van der Waals surface area contributed by atoms with E-state index in [0.29, 0.717) is 5.88 Å². The summed E-state index contributed by atoms with van der Waals surface area (Å²) in [6, 6.07) is 8.79. The van der Waals surface area contributed by atoms with E-state index in [9.17, 15) is 0 Å². The Morgan fingerprint density at radius 3 is 2.53 bits per heavy atom. The third kappa shape index (κ3) is 5.03. The van der Waals surface area contributed by atoms with Gasteiger partial charge in [0.1, 0.15) is 0 Å². The van der Waals surface area contributed by atoms with E-state index in [4.69, 9.17) is 11.6 Å². The van der Waals surface area contributed by atoms with Gasteiger partial charge in [-0.3, -0.25) is 0 Å². The van der Waals surface area contributed by atoms with Crippen molar-refractivity contribution >= 4 is 17.7 Å². The van der Waals surface area contributed by atoms with Crippen LogP contribution in [-0.2, 0) is 6.42 Å². The highest BCUT2D eigenvalue weighted by molar-refractivity contribution is 6.17. The molecule has 0 aliphatic heterocycles. The largest absolute Gasteiger partial charge is 0.126 e. The minimum Gasteiger partial charge on any atom is -0.126 e. The van der Waals surface area contributed by atoms with Gasteiger partial charge < -0.3 is 0 Å². The monoisotopic (exact) mass is 222 g/mol. The average molecular weight is 223 g/mol. The highest BCUT2D eigenvalue weighted by Crippen LogP contribution is 2.09. The molecule has 1 heteroatoms. The van der Waals surface area contributed by atoms with Crippen LogP contribution in [0.5, 0.6) is 0 Å². The molecule has 1 aromatic rings. The molecule has 0 atom stereocenters. The molecule has 0 saturated heterocycles. The van der Waals surface area contributed by atoms with Gasteiger partial charge in [-0.2, -0.15) is 0 Å². The number of halogens is 1. The number of rotatable bonds is 6. The molecule has 0 bridgehead atoms. The smallest absolute Gasteiger partial charge is 0.0258 e. The van der Waals surface area contributed by atoms with Crippen LogP contribution in [0.15, 0.2) is 30.3 Å². The standard InChI is InChI=1S/C14H19Cl/c1-2-3-6-13-8-10-14(11-9-13)7-4-5-12-15/h4,7-11H,2-3,5-6,12H2,1H3. The van der Waals surface area contributed by atoms with Gasteiger partial charge in [-0.25, -0.2) is 0 Å². The summed E-state index contributed by atoms with van der Waals surface area (Å²) in [6.45, 7) is 2.23. The molecule has 0 amide bonds. The molecule has 82 valence electrons. The third-order valence-corrected chi connectivity index (χ3v) is 2.60. The number of allylic oxidation sites excluding steroid dienone is 1. The Morgan fingerprint density at radius 2 is 1.93 bits per heavy atom. The summed E-state index contributed by atoms with van der Waals surface area (Å²) in [6.07, 6.45) is 8.93. The van der Waals surface area contributed by atoms with Crippen LogP contribution < -0.4 is 0 Å². The van der Waals surface area contributed by atoms with Crippen molar-refractivity contribution in [2.75, 3.05) is 5.88 Å². The molecule has 1 aromatic carbocycles. The van der Waals surface area contributed by atoms with Gasteiger partial charge in [-0.15, -0.1) is 11.6 Å². The summed E-state index contributed by atoms with van der Waals surface area (Å²) in [5.74, 6) is 0.699. The lowest BCUT2D eigenvalue weighted by molar-refractivity contribution is 0.795. The maximum Gasteiger partial charge on any atom is 0.0258 e. The van der Waals surface area contributed by atoms with E-state index in [1.54, 1.807) is 0 Å². The summed E-state index contributed by atoms with van der Waals surface area (Å²) in [5, 5.41) is 0. The van der Waals surface area contributed by atoms with Gasteiger partial charge in [-0.05, 0) is 30.4 Å². The zero-order valence-electron chi connectivity index (χ0n) is 9.38. The van der Waals surface area contributed by atoms with Gasteiger partial charge in [0, 0.05) is 5.88 Å². The van der Waals surface area contributed by atoms with Gasteiger partial charge in [0.25, 0.3) is 0 Å². The molecule has 0 saturated carbocycles. The number of aryl methyl sites for hydroxylation is 1. The van der Waals surface area contributed by atoms with Gasteiger partial charge in [0.15, 0.2) is 0 Å². The fourth-order valence-corrected chi connectivity index (χ4v) is 1.58. The Labute approximate surface area is 98.0 Å². The number of alkyl halides is 1. The van der Waals surface area contributed by atoms with E-state index in [1.807, 2.05) is 0 Å². The van der Waals surface area contributed by atoms with Crippen molar-refractivity contribution in [3.05, 3.63) is 41.5 Å². The Kier molecular flexibility index (Phi) is 6.18. The number of hydrogen-bond donors (Lipinski definition) is 0. The molecular weight excluding hydrogens is 204 g/mol. The van der Waals surface area contributed by atoms with Crippen LogP contribution in [0.25, 0.3) is 6.08 Å². The van der Waals surface area contributed by atoms with Crippen molar-refractivity contribution in [1.29, 1.82) is 0 Å². The topological polar surface area (TPSA) is 0 Å². The zero-order valence-corrected chi connectivity index (χ0v) is 10.1. The fourth-order valence-electron chi connectivity index (χ4n) is 1.46. The van der Waals surface area contributed by atoms with E-state index in [1.165, 1.54) is 30.4 Å². The fraction of sp³-hybridized carbons (Fsp3) is 0.429. The molecule has 0 N–H and O–H groups in total. The molecule has 0 nitrogen and oxygen atoms in total. The number of hydrogen-bond acceptors (Lipinski definition) is 0. The first-order valence-electron chi connectivity index (χ1n) is 5.68. The van der Waals surface area contributed by atoms with Crippen LogP contribution in [0.3, 0.4) is 0 Å². The second kappa shape index (κ2) is 7.53. The van der Waals surface area contributed by atoms with Crippen molar-refractivity contribution in [3.63, 3.8) is 0 Å². The SMILES string of the molecule is CCCCc1ccc(C=CCCCl)cc1. The van der Waals surface area contributed by atoms with Crippen molar-refractivity contribution in [2.24, 2.45) is 0 Å². The maximum atomic E-state index is 5.60. The van der Waals surface area contributed by atoms with Crippen LogP contribution >= 0.6 is 11.6 Å². The molecule has 0 aliphatic carbocycles. The third-order valence-electron chi connectivity index (χ3n) is 2.38. The summed E-state index contributed by atoms with van der Waals surface area (Å²) in [4.78, 5) is 0. The van der Waals surface area contributed by atoms with E-state index in [0.717, 1.165) is 6.42 Å². The average Bonchev–Trinajstić information content (AvgIpc) is 2.28. The van der Waals surface area contributed by atoms with Crippen molar-refractivity contribution in [2.45, 2.75) is 32.6 Å². The van der Waals surface area contributed by atoms with Crippen LogP contribution in [0.2, 0.25) is 0 Å². The Bertz CT molecular complexity index is 285. The van der Waals surface area contributed by atoms with Crippen molar-refractivity contribution in [3.8, 4) is 0 Å². The summed E-state index contributed by atoms with van der Waals surface area (Å²) >= 11 is 5.60. The highest BCUT2D eigenvalue weighted by Gasteiger charge is 1.91. The molecule has 0 aromatic heterocycles. The first kappa shape index (κ1) is 12.3. The van der Waals surface area contributed by atoms with E-state index >= 15 is 0 Å². The molecule has 0 aliphatic rings. The predicted molar refractivity (Wildman–Crippen MR) is 69.4 cm³/mol. The molecule has 15 heavy (non-hydrogen) atoms. The van der Waals surface area contributed by atoms with Crippen molar-refractivity contribution < 1.29 is 0 Å². The normalized spacial score (nSPS) is 11.1. The number of unbranched alkanes of at least 4 members (excludes halogenated alkanes) is 1. The van der Waals surface area contributed by atoms with Gasteiger partial charge in [0.2, 0.25) is 0 Å². The van der Waals surface area contributed by atoms with E-state index in [2.05, 4.69) is 43.3 Å². The molecule has 1 rings (SSSR count). The molecule has 0 fully saturated rings. The zero-order chi connectivity index (χ0) is 10.9.